The number of benzene rings is 2. The van der Waals surface area contributed by atoms with Crippen molar-refractivity contribution in [2.24, 2.45) is 5.92 Å². The first-order valence-corrected chi connectivity index (χ1v) is 8.12. The molecule has 2 nitrogen and oxygen atoms in total. The Morgan fingerprint density at radius 1 is 0.909 bits per heavy atom. The Balaban J connectivity index is 1.86. The predicted octanol–water partition coefficient (Wildman–Crippen LogP) is 5.55. The van der Waals surface area contributed by atoms with Gasteiger partial charge in [0, 0.05) is 5.92 Å². The molecule has 0 saturated heterocycles. The van der Waals surface area contributed by atoms with Gasteiger partial charge in [-0.2, -0.15) is 0 Å². The van der Waals surface area contributed by atoms with Crippen molar-refractivity contribution in [2.75, 3.05) is 0 Å². The van der Waals surface area contributed by atoms with Crippen LogP contribution in [-0.2, 0) is 0 Å². The number of ether oxygens (including phenoxy) is 1. The Labute approximate surface area is 132 Å². The molecule has 0 heterocycles. The molecule has 0 atom stereocenters. The molecule has 2 aromatic rings. The fourth-order valence-electron chi connectivity index (χ4n) is 3.13. The second kappa shape index (κ2) is 6.78. The summed E-state index contributed by atoms with van der Waals surface area (Å²) in [7, 11) is 0. The number of carbonyl (C=O) groups excluding carboxylic acids is 1. The molecule has 0 N–H and O–H groups in total. The van der Waals surface area contributed by atoms with Crippen LogP contribution in [-0.4, -0.2) is 5.78 Å². The second-order valence-electron chi connectivity index (χ2n) is 6.06. The van der Waals surface area contributed by atoms with Crippen LogP contribution in [0.3, 0.4) is 0 Å². The van der Waals surface area contributed by atoms with Crippen LogP contribution >= 0.6 is 0 Å². The van der Waals surface area contributed by atoms with Gasteiger partial charge in [0.15, 0.2) is 5.78 Å². The highest BCUT2D eigenvalue weighted by molar-refractivity contribution is 6.00. The molecule has 114 valence electrons. The summed E-state index contributed by atoms with van der Waals surface area (Å²) in [4.78, 5) is 12.8. The van der Waals surface area contributed by atoms with Crippen LogP contribution in [0.1, 0.15) is 48.0 Å². The molecule has 0 aromatic heterocycles. The molecule has 3 rings (SSSR count). The molecular weight excluding hydrogens is 272 g/mol. The average Bonchev–Trinajstić information content (AvgIpc) is 2.58. The molecule has 1 aliphatic carbocycles. The zero-order valence-corrected chi connectivity index (χ0v) is 13.0. The van der Waals surface area contributed by atoms with E-state index in [1.54, 1.807) is 0 Å². The lowest BCUT2D eigenvalue weighted by Crippen LogP contribution is -2.18. The first kappa shape index (κ1) is 14.8. The maximum absolute atomic E-state index is 12.8. The van der Waals surface area contributed by atoms with Gasteiger partial charge in [-0.05, 0) is 43.5 Å². The maximum Gasteiger partial charge on any atom is 0.169 e. The smallest absolute Gasteiger partial charge is 0.169 e. The summed E-state index contributed by atoms with van der Waals surface area (Å²) in [5, 5.41) is 0. The Bertz CT molecular complexity index is 654. The number of para-hydroxylation sites is 2. The number of hydrogen-bond donors (Lipinski definition) is 0. The molecule has 0 radical (unpaired) electrons. The third-order valence-electron chi connectivity index (χ3n) is 4.44. The summed E-state index contributed by atoms with van der Waals surface area (Å²) < 4.78 is 6.03. The highest BCUT2D eigenvalue weighted by atomic mass is 16.5. The van der Waals surface area contributed by atoms with Crippen molar-refractivity contribution in [1.29, 1.82) is 0 Å². The maximum atomic E-state index is 12.8. The third-order valence-corrected chi connectivity index (χ3v) is 4.44. The van der Waals surface area contributed by atoms with E-state index in [4.69, 9.17) is 4.74 Å². The molecule has 0 aliphatic heterocycles. The van der Waals surface area contributed by atoms with E-state index in [2.05, 4.69) is 0 Å². The SMILES string of the molecule is Cc1ccccc1Oc1ccccc1C(=O)C1CCCCC1. The van der Waals surface area contributed by atoms with Crippen molar-refractivity contribution in [3.8, 4) is 11.5 Å². The number of aryl methyl sites for hydroxylation is 1. The van der Waals surface area contributed by atoms with E-state index in [0.29, 0.717) is 5.75 Å². The van der Waals surface area contributed by atoms with Crippen LogP contribution in [0.15, 0.2) is 48.5 Å². The highest BCUT2D eigenvalue weighted by Crippen LogP contribution is 2.32. The van der Waals surface area contributed by atoms with Gasteiger partial charge in [-0.3, -0.25) is 4.79 Å². The summed E-state index contributed by atoms with van der Waals surface area (Å²) in [6.07, 6.45) is 5.61. The van der Waals surface area contributed by atoms with Crippen LogP contribution in [0.5, 0.6) is 11.5 Å². The van der Waals surface area contributed by atoms with Gasteiger partial charge in [0.2, 0.25) is 0 Å². The van der Waals surface area contributed by atoms with Crippen LogP contribution in [0, 0.1) is 12.8 Å². The van der Waals surface area contributed by atoms with Gasteiger partial charge in [-0.1, -0.05) is 49.6 Å². The zero-order chi connectivity index (χ0) is 15.4. The first-order valence-electron chi connectivity index (χ1n) is 8.12. The van der Waals surface area contributed by atoms with E-state index in [-0.39, 0.29) is 11.7 Å². The topological polar surface area (TPSA) is 26.3 Å². The van der Waals surface area contributed by atoms with Crippen molar-refractivity contribution in [1.82, 2.24) is 0 Å². The molecule has 0 unspecified atom stereocenters. The minimum Gasteiger partial charge on any atom is -0.456 e. The van der Waals surface area contributed by atoms with Gasteiger partial charge in [0.05, 0.1) is 5.56 Å². The van der Waals surface area contributed by atoms with E-state index in [9.17, 15) is 4.79 Å². The van der Waals surface area contributed by atoms with Crippen molar-refractivity contribution in [2.45, 2.75) is 39.0 Å². The number of Topliss-reactive ketones (excluding diaryl/α,β-unsaturated/α-hetero) is 1. The largest absolute Gasteiger partial charge is 0.456 e. The molecule has 0 spiro atoms. The average molecular weight is 294 g/mol. The van der Waals surface area contributed by atoms with E-state index in [1.807, 2.05) is 55.5 Å². The van der Waals surface area contributed by atoms with E-state index < -0.39 is 0 Å². The lowest BCUT2D eigenvalue weighted by Gasteiger charge is -2.21. The normalized spacial score (nSPS) is 15.5. The molecule has 2 aromatic carbocycles. The van der Waals surface area contributed by atoms with Crippen molar-refractivity contribution >= 4 is 5.78 Å². The Hall–Kier alpha value is -2.09. The zero-order valence-electron chi connectivity index (χ0n) is 13.0. The molecule has 0 bridgehead atoms. The van der Waals surface area contributed by atoms with Crippen LogP contribution < -0.4 is 4.74 Å². The quantitative estimate of drug-likeness (QED) is 0.691. The minimum absolute atomic E-state index is 0.162. The van der Waals surface area contributed by atoms with Crippen LogP contribution in [0.25, 0.3) is 0 Å². The Morgan fingerprint density at radius 2 is 1.55 bits per heavy atom. The van der Waals surface area contributed by atoms with E-state index in [0.717, 1.165) is 42.6 Å². The lowest BCUT2D eigenvalue weighted by atomic mass is 9.83. The molecular formula is C20H22O2. The minimum atomic E-state index is 0.162. The van der Waals surface area contributed by atoms with E-state index >= 15 is 0 Å². The van der Waals surface area contributed by atoms with Gasteiger partial charge >= 0.3 is 0 Å². The van der Waals surface area contributed by atoms with Gasteiger partial charge in [-0.15, -0.1) is 0 Å². The molecule has 1 aliphatic rings. The highest BCUT2D eigenvalue weighted by Gasteiger charge is 2.24. The summed E-state index contributed by atoms with van der Waals surface area (Å²) in [5.41, 5.74) is 1.79. The van der Waals surface area contributed by atoms with Crippen LogP contribution in [0.4, 0.5) is 0 Å². The van der Waals surface area contributed by atoms with Crippen molar-refractivity contribution < 1.29 is 9.53 Å². The molecule has 0 amide bonds. The van der Waals surface area contributed by atoms with Gasteiger partial charge in [0.1, 0.15) is 11.5 Å². The van der Waals surface area contributed by atoms with Crippen molar-refractivity contribution in [3.05, 3.63) is 59.7 Å². The third kappa shape index (κ3) is 3.22. The summed E-state index contributed by atoms with van der Waals surface area (Å²) in [6, 6.07) is 15.5. The molecule has 2 heteroatoms. The summed E-state index contributed by atoms with van der Waals surface area (Å²) >= 11 is 0. The predicted molar refractivity (Wildman–Crippen MR) is 88.6 cm³/mol. The fraction of sp³-hybridized carbons (Fsp3) is 0.350. The number of rotatable bonds is 4. The molecule has 22 heavy (non-hydrogen) atoms. The van der Waals surface area contributed by atoms with Crippen LogP contribution in [0.2, 0.25) is 0 Å². The van der Waals surface area contributed by atoms with Crippen molar-refractivity contribution in [3.63, 3.8) is 0 Å². The van der Waals surface area contributed by atoms with Gasteiger partial charge in [0.25, 0.3) is 0 Å². The number of ketones is 1. The standard InChI is InChI=1S/C20H22O2/c1-15-9-5-7-13-18(15)22-19-14-8-6-12-17(19)20(21)16-10-3-2-4-11-16/h5-9,12-14,16H,2-4,10-11H2,1H3. The Kier molecular flexibility index (Phi) is 4.57. The van der Waals surface area contributed by atoms with Gasteiger partial charge in [-0.25, -0.2) is 0 Å². The fourth-order valence-corrected chi connectivity index (χ4v) is 3.13. The first-order chi connectivity index (χ1) is 10.8. The number of hydrogen-bond acceptors (Lipinski definition) is 2. The second-order valence-corrected chi connectivity index (χ2v) is 6.06. The molecule has 1 fully saturated rings. The Morgan fingerprint density at radius 3 is 2.27 bits per heavy atom. The van der Waals surface area contributed by atoms with E-state index in [1.165, 1.54) is 6.42 Å². The monoisotopic (exact) mass is 294 g/mol. The summed E-state index contributed by atoms with van der Waals surface area (Å²) in [5.74, 6) is 1.89. The number of carbonyl (C=O) groups is 1. The van der Waals surface area contributed by atoms with Gasteiger partial charge < -0.3 is 4.74 Å². The summed E-state index contributed by atoms with van der Waals surface area (Å²) in [6.45, 7) is 2.01. The molecule has 1 saturated carbocycles. The lowest BCUT2D eigenvalue weighted by molar-refractivity contribution is 0.0887.